The van der Waals surface area contributed by atoms with Crippen molar-refractivity contribution in [3.8, 4) is 0 Å². The third-order valence-electron chi connectivity index (χ3n) is 4.78. The van der Waals surface area contributed by atoms with Crippen LogP contribution in [0.1, 0.15) is 45.4 Å². The number of esters is 1. The van der Waals surface area contributed by atoms with Gasteiger partial charge in [-0.05, 0) is 38.3 Å². The highest BCUT2D eigenvalue weighted by atomic mass is 127. The summed E-state index contributed by atoms with van der Waals surface area (Å²) in [7, 11) is 1.44. The molecule has 0 spiro atoms. The fourth-order valence-electron chi connectivity index (χ4n) is 3.29. The van der Waals surface area contributed by atoms with E-state index in [-0.39, 0.29) is 29.9 Å². The van der Waals surface area contributed by atoms with Gasteiger partial charge in [-0.3, -0.25) is 9.79 Å². The van der Waals surface area contributed by atoms with Crippen LogP contribution in [0.2, 0.25) is 0 Å². The van der Waals surface area contributed by atoms with Crippen molar-refractivity contribution >= 4 is 41.6 Å². The fraction of sp³-hybridized carbons (Fsp3) is 0.619. The van der Waals surface area contributed by atoms with Gasteiger partial charge in [0.1, 0.15) is 0 Å². The summed E-state index contributed by atoms with van der Waals surface area (Å²) in [6.45, 7) is 5.83. The van der Waals surface area contributed by atoms with Crippen LogP contribution in [0.15, 0.2) is 35.3 Å². The van der Waals surface area contributed by atoms with Crippen LogP contribution in [0.3, 0.4) is 0 Å². The molecule has 1 heterocycles. The van der Waals surface area contributed by atoms with E-state index in [4.69, 9.17) is 4.99 Å². The number of hydrogen-bond donors (Lipinski definition) is 2. The van der Waals surface area contributed by atoms with Crippen molar-refractivity contribution in [2.45, 2.75) is 51.5 Å². The van der Waals surface area contributed by atoms with Crippen LogP contribution in [-0.4, -0.2) is 51.3 Å². The number of unbranched alkanes of at least 4 members (excludes halogenated alkanes) is 3. The summed E-state index contributed by atoms with van der Waals surface area (Å²) in [5.41, 5.74) is 1.29. The smallest absolute Gasteiger partial charge is 0.305 e. The molecule has 1 aromatic carbocycles. The lowest BCUT2D eigenvalue weighted by Crippen LogP contribution is -2.44. The molecule has 0 amide bonds. The van der Waals surface area contributed by atoms with Crippen LogP contribution in [0, 0.1) is 0 Å². The third-order valence-corrected chi connectivity index (χ3v) is 4.78. The van der Waals surface area contributed by atoms with Gasteiger partial charge in [0.2, 0.25) is 0 Å². The summed E-state index contributed by atoms with van der Waals surface area (Å²) < 4.78 is 4.65. The molecule has 0 radical (unpaired) electrons. The number of hydrogen-bond acceptors (Lipinski definition) is 4. The number of para-hydroxylation sites is 1. The SMILES string of the molecule is CCNC(=NCCCCCCC(=O)OC)NC1CCN(c2ccccc2)C1.I. The Hall–Kier alpha value is -1.51. The van der Waals surface area contributed by atoms with Crippen molar-refractivity contribution in [2.24, 2.45) is 4.99 Å². The van der Waals surface area contributed by atoms with E-state index in [9.17, 15) is 4.79 Å². The zero-order valence-corrected chi connectivity index (χ0v) is 19.5. The Labute approximate surface area is 186 Å². The summed E-state index contributed by atoms with van der Waals surface area (Å²) >= 11 is 0. The number of nitrogens with one attached hydrogen (secondary N) is 2. The monoisotopic (exact) mass is 502 g/mol. The van der Waals surface area contributed by atoms with Gasteiger partial charge in [0, 0.05) is 44.3 Å². The van der Waals surface area contributed by atoms with Crippen molar-refractivity contribution in [3.05, 3.63) is 30.3 Å². The van der Waals surface area contributed by atoms with Crippen LogP contribution >= 0.6 is 24.0 Å². The van der Waals surface area contributed by atoms with Crippen molar-refractivity contribution in [2.75, 3.05) is 38.2 Å². The number of halogens is 1. The number of methoxy groups -OCH3 is 1. The lowest BCUT2D eigenvalue weighted by molar-refractivity contribution is -0.140. The summed E-state index contributed by atoms with van der Waals surface area (Å²) in [5, 5.41) is 6.93. The number of anilines is 1. The second-order valence-electron chi connectivity index (χ2n) is 6.91. The number of guanidine groups is 1. The Kier molecular flexibility index (Phi) is 12.7. The number of rotatable bonds is 10. The minimum atomic E-state index is -0.118. The zero-order chi connectivity index (χ0) is 19.3. The highest BCUT2D eigenvalue weighted by Crippen LogP contribution is 2.19. The largest absolute Gasteiger partial charge is 0.469 e. The maximum Gasteiger partial charge on any atom is 0.305 e. The van der Waals surface area contributed by atoms with Crippen LogP contribution in [0.4, 0.5) is 5.69 Å². The number of carbonyl (C=O) groups is 1. The van der Waals surface area contributed by atoms with Gasteiger partial charge in [-0.15, -0.1) is 24.0 Å². The van der Waals surface area contributed by atoms with Gasteiger partial charge in [0.05, 0.1) is 7.11 Å². The molecule has 1 aliphatic heterocycles. The molecule has 1 atom stereocenters. The first-order valence-electron chi connectivity index (χ1n) is 10.1. The molecule has 1 aliphatic rings. The number of aliphatic imine (C=N–C) groups is 1. The number of benzene rings is 1. The van der Waals surface area contributed by atoms with E-state index in [0.717, 1.165) is 64.2 Å². The highest BCUT2D eigenvalue weighted by Gasteiger charge is 2.23. The topological polar surface area (TPSA) is 66.0 Å². The third kappa shape index (κ3) is 9.12. The standard InChI is InChI=1S/C21H34N4O2.HI/c1-3-22-21(23-15-10-5-4-9-13-20(26)27-2)24-18-14-16-25(17-18)19-11-7-6-8-12-19;/h6-8,11-12,18H,3-5,9-10,13-17H2,1-2H3,(H2,22,23,24);1H. The normalized spacial score (nSPS) is 16.4. The number of ether oxygens (including phenoxy) is 1. The molecule has 158 valence electrons. The summed E-state index contributed by atoms with van der Waals surface area (Å²) in [4.78, 5) is 18.2. The van der Waals surface area contributed by atoms with E-state index in [2.05, 4.69) is 57.5 Å². The lowest BCUT2D eigenvalue weighted by atomic mass is 10.1. The van der Waals surface area contributed by atoms with Gasteiger partial charge < -0.3 is 20.3 Å². The molecule has 0 saturated carbocycles. The Balaban J connectivity index is 0.00000392. The molecule has 6 nitrogen and oxygen atoms in total. The summed E-state index contributed by atoms with van der Waals surface area (Å²) in [6, 6.07) is 11.0. The molecule has 1 saturated heterocycles. The molecule has 7 heteroatoms. The van der Waals surface area contributed by atoms with Crippen LogP contribution in [0.5, 0.6) is 0 Å². The molecular formula is C21H35IN4O2. The van der Waals surface area contributed by atoms with E-state index in [0.29, 0.717) is 12.5 Å². The first-order valence-corrected chi connectivity index (χ1v) is 10.1. The fourth-order valence-corrected chi connectivity index (χ4v) is 3.29. The molecule has 1 aromatic rings. The van der Waals surface area contributed by atoms with Crippen LogP contribution < -0.4 is 15.5 Å². The van der Waals surface area contributed by atoms with Gasteiger partial charge in [-0.2, -0.15) is 0 Å². The van der Waals surface area contributed by atoms with Gasteiger partial charge >= 0.3 is 5.97 Å². The van der Waals surface area contributed by atoms with Crippen LogP contribution in [0.25, 0.3) is 0 Å². The van der Waals surface area contributed by atoms with E-state index < -0.39 is 0 Å². The molecule has 0 aromatic heterocycles. The Morgan fingerprint density at radius 1 is 1.21 bits per heavy atom. The summed E-state index contributed by atoms with van der Waals surface area (Å²) in [5.74, 6) is 0.791. The average Bonchev–Trinajstić information content (AvgIpc) is 3.16. The number of carbonyl (C=O) groups excluding carboxylic acids is 1. The Morgan fingerprint density at radius 2 is 1.96 bits per heavy atom. The molecule has 1 unspecified atom stereocenters. The molecule has 28 heavy (non-hydrogen) atoms. The van der Waals surface area contributed by atoms with E-state index in [1.165, 1.54) is 12.8 Å². The Bertz CT molecular complexity index is 583. The predicted octanol–water partition coefficient (Wildman–Crippen LogP) is 3.56. The van der Waals surface area contributed by atoms with Crippen molar-refractivity contribution < 1.29 is 9.53 Å². The maximum absolute atomic E-state index is 11.1. The van der Waals surface area contributed by atoms with Crippen molar-refractivity contribution in [1.82, 2.24) is 10.6 Å². The van der Waals surface area contributed by atoms with E-state index in [1.807, 2.05) is 0 Å². The van der Waals surface area contributed by atoms with Crippen LogP contribution in [-0.2, 0) is 9.53 Å². The molecular weight excluding hydrogens is 467 g/mol. The molecule has 2 rings (SSSR count). The minimum absolute atomic E-state index is 0. The van der Waals surface area contributed by atoms with Crippen molar-refractivity contribution in [1.29, 1.82) is 0 Å². The molecule has 1 fully saturated rings. The zero-order valence-electron chi connectivity index (χ0n) is 17.2. The highest BCUT2D eigenvalue weighted by molar-refractivity contribution is 14.0. The first kappa shape index (κ1) is 24.5. The van der Waals surface area contributed by atoms with Gasteiger partial charge in [-0.25, -0.2) is 0 Å². The number of nitrogens with zero attached hydrogens (tertiary/aromatic N) is 2. The second kappa shape index (κ2) is 14.5. The first-order chi connectivity index (χ1) is 13.2. The van der Waals surface area contributed by atoms with Gasteiger partial charge in [0.15, 0.2) is 5.96 Å². The minimum Gasteiger partial charge on any atom is -0.469 e. The Morgan fingerprint density at radius 3 is 2.68 bits per heavy atom. The summed E-state index contributed by atoms with van der Waals surface area (Å²) in [6.07, 6.45) is 5.70. The lowest BCUT2D eigenvalue weighted by Gasteiger charge is -2.20. The second-order valence-corrected chi connectivity index (χ2v) is 6.91. The molecule has 0 bridgehead atoms. The van der Waals surface area contributed by atoms with Crippen molar-refractivity contribution in [3.63, 3.8) is 0 Å². The maximum atomic E-state index is 11.1. The molecule has 2 N–H and O–H groups in total. The van der Waals surface area contributed by atoms with Gasteiger partial charge in [-0.1, -0.05) is 31.0 Å². The van der Waals surface area contributed by atoms with E-state index >= 15 is 0 Å². The quantitative estimate of drug-likeness (QED) is 0.169. The van der Waals surface area contributed by atoms with E-state index in [1.54, 1.807) is 0 Å². The predicted molar refractivity (Wildman–Crippen MR) is 127 cm³/mol. The molecule has 0 aliphatic carbocycles. The average molecular weight is 502 g/mol. The van der Waals surface area contributed by atoms with Gasteiger partial charge in [0.25, 0.3) is 0 Å².